The third kappa shape index (κ3) is 6.80. The Balaban J connectivity index is 1.63. The first-order valence-corrected chi connectivity index (χ1v) is 9.60. The molecule has 0 heterocycles. The van der Waals surface area contributed by atoms with E-state index in [0.29, 0.717) is 5.56 Å². The fourth-order valence-electron chi connectivity index (χ4n) is 2.45. The number of para-hydroxylation sites is 2. The van der Waals surface area contributed by atoms with Crippen LogP contribution in [0.25, 0.3) is 0 Å². The minimum absolute atomic E-state index is 0.265. The van der Waals surface area contributed by atoms with Crippen LogP contribution in [0.1, 0.15) is 10.4 Å². The molecule has 3 rings (SSSR count). The highest BCUT2D eigenvalue weighted by molar-refractivity contribution is 5.89. The van der Waals surface area contributed by atoms with Crippen LogP contribution in [0, 0.1) is 10.4 Å². The molecule has 0 N–H and O–H groups in total. The number of hydrogen-bond donors (Lipinski definition) is 0. The number of rotatable bonds is 10. The second-order valence-corrected chi connectivity index (χ2v) is 6.37. The van der Waals surface area contributed by atoms with Crippen molar-refractivity contribution in [3.05, 3.63) is 107 Å². The van der Waals surface area contributed by atoms with Crippen LogP contribution in [0.15, 0.2) is 102 Å². The van der Waals surface area contributed by atoms with Crippen LogP contribution in [0.4, 0.5) is 11.4 Å². The van der Waals surface area contributed by atoms with E-state index in [1.165, 1.54) is 0 Å². The first-order valence-electron chi connectivity index (χ1n) is 9.60. The number of carbonyl (C=O) groups excluding carboxylic acids is 1. The molecule has 32 heavy (non-hydrogen) atoms. The standard InChI is InChI=1S/C22H20N4O6/c27-22(18-10-4-1-5-11-18)32-21(16-30-23-25(28)19-12-6-2-7-13-19)17-31-24-26(29)20-14-8-3-9-15-20/h1-15,21H,16-17H2/b25-23-,26-24-. The first-order chi connectivity index (χ1) is 15.6. The summed E-state index contributed by atoms with van der Waals surface area (Å²) < 4.78 is 5.36. The lowest BCUT2D eigenvalue weighted by Crippen LogP contribution is -2.27. The second kappa shape index (κ2) is 11.6. The fraction of sp³-hybridized carbons (Fsp3) is 0.136. The average Bonchev–Trinajstić information content (AvgIpc) is 2.85. The molecule has 0 aliphatic heterocycles. The molecule has 0 spiro atoms. The summed E-state index contributed by atoms with van der Waals surface area (Å²) in [7, 11) is 0. The van der Waals surface area contributed by atoms with E-state index in [9.17, 15) is 15.2 Å². The highest BCUT2D eigenvalue weighted by Crippen LogP contribution is 2.12. The monoisotopic (exact) mass is 436 g/mol. The molecule has 10 heteroatoms. The maximum absolute atomic E-state index is 12.4. The third-order valence-electron chi connectivity index (χ3n) is 4.02. The molecule has 3 aromatic rings. The molecule has 0 bridgehead atoms. The van der Waals surface area contributed by atoms with Crippen LogP contribution in [0.2, 0.25) is 0 Å². The summed E-state index contributed by atoms with van der Waals surface area (Å²) in [6.07, 6.45) is -0.997. The Morgan fingerprint density at radius 2 is 1.12 bits per heavy atom. The van der Waals surface area contributed by atoms with Gasteiger partial charge in [-0.05, 0) is 21.9 Å². The van der Waals surface area contributed by atoms with Gasteiger partial charge in [-0.15, -0.1) is 0 Å². The summed E-state index contributed by atoms with van der Waals surface area (Å²) in [6, 6.07) is 24.8. The first kappa shape index (κ1) is 22.2. The Labute approximate surface area is 183 Å². The number of nitrogens with zero attached hydrogens (tertiary/aromatic N) is 4. The van der Waals surface area contributed by atoms with Gasteiger partial charge in [-0.25, -0.2) is 4.79 Å². The zero-order valence-electron chi connectivity index (χ0n) is 16.9. The maximum atomic E-state index is 12.4. The van der Waals surface area contributed by atoms with Gasteiger partial charge in [0.2, 0.25) is 21.9 Å². The molecule has 0 fully saturated rings. The van der Waals surface area contributed by atoms with Crippen molar-refractivity contribution < 1.29 is 28.9 Å². The van der Waals surface area contributed by atoms with Crippen LogP contribution >= 0.6 is 0 Å². The van der Waals surface area contributed by atoms with Crippen LogP contribution in [0.3, 0.4) is 0 Å². The van der Waals surface area contributed by atoms with E-state index in [2.05, 4.69) is 10.6 Å². The van der Waals surface area contributed by atoms with Gasteiger partial charge >= 0.3 is 5.97 Å². The van der Waals surface area contributed by atoms with Gasteiger partial charge in [-0.3, -0.25) is 0 Å². The lowest BCUT2D eigenvalue weighted by molar-refractivity contribution is -0.482. The lowest BCUT2D eigenvalue weighted by atomic mass is 10.2. The number of benzene rings is 3. The molecular weight excluding hydrogens is 416 g/mol. The number of carbonyl (C=O) groups is 1. The zero-order chi connectivity index (χ0) is 22.6. The third-order valence-corrected chi connectivity index (χ3v) is 4.02. The Kier molecular flexibility index (Phi) is 8.09. The molecule has 0 atom stereocenters. The molecule has 3 aromatic carbocycles. The van der Waals surface area contributed by atoms with Gasteiger partial charge in [0.25, 0.3) is 0 Å². The topological polar surface area (TPSA) is 122 Å². The van der Waals surface area contributed by atoms with Crippen molar-refractivity contribution in [2.24, 2.45) is 10.6 Å². The quantitative estimate of drug-likeness (QED) is 0.197. The fourth-order valence-corrected chi connectivity index (χ4v) is 2.45. The minimum Gasteiger partial charge on any atom is -0.592 e. The molecule has 0 aliphatic carbocycles. The van der Waals surface area contributed by atoms with Crippen molar-refractivity contribution >= 4 is 17.3 Å². The van der Waals surface area contributed by atoms with E-state index in [4.69, 9.17) is 14.4 Å². The van der Waals surface area contributed by atoms with Crippen LogP contribution < -0.4 is 0 Å². The van der Waals surface area contributed by atoms with Gasteiger partial charge in [0.15, 0.2) is 19.3 Å². The second-order valence-electron chi connectivity index (χ2n) is 6.37. The summed E-state index contributed by atoms with van der Waals surface area (Å²) >= 11 is 0. The molecular formula is C22H20N4O6. The molecule has 10 nitrogen and oxygen atoms in total. The number of ether oxygens (including phenoxy) is 1. The van der Waals surface area contributed by atoms with E-state index in [1.54, 1.807) is 91.0 Å². The van der Waals surface area contributed by atoms with E-state index in [1.807, 2.05) is 0 Å². The molecule has 0 unspecified atom stereocenters. The Hall–Kier alpha value is -4.47. The average molecular weight is 436 g/mol. The van der Waals surface area contributed by atoms with Crippen LogP contribution in [0.5, 0.6) is 0 Å². The van der Waals surface area contributed by atoms with Crippen molar-refractivity contribution in [1.82, 2.24) is 0 Å². The van der Waals surface area contributed by atoms with E-state index in [0.717, 1.165) is 0 Å². The van der Waals surface area contributed by atoms with Gasteiger partial charge in [0.05, 0.1) is 5.56 Å². The minimum atomic E-state index is -0.997. The Bertz CT molecular complexity index is 986. The van der Waals surface area contributed by atoms with Gasteiger partial charge in [0.1, 0.15) is 0 Å². The van der Waals surface area contributed by atoms with E-state index < -0.39 is 12.1 Å². The van der Waals surface area contributed by atoms with Crippen molar-refractivity contribution in [2.45, 2.75) is 6.10 Å². The SMILES string of the molecule is O=C(OC(CO/N=[N+](\[O-])c1ccccc1)CO/N=[N+](\[O-])c1ccccc1)c1ccccc1. The van der Waals surface area contributed by atoms with E-state index in [-0.39, 0.29) is 34.3 Å². The smallest absolute Gasteiger partial charge is 0.338 e. The largest absolute Gasteiger partial charge is 0.592 e. The Morgan fingerprint density at radius 1 is 0.719 bits per heavy atom. The normalized spacial score (nSPS) is 11.8. The lowest BCUT2D eigenvalue weighted by Gasteiger charge is -2.14. The summed E-state index contributed by atoms with van der Waals surface area (Å²) in [4.78, 5) is 23.0. The Morgan fingerprint density at radius 3 is 1.56 bits per heavy atom. The molecule has 0 aromatic heterocycles. The van der Waals surface area contributed by atoms with Gasteiger partial charge in [-0.2, -0.15) is 0 Å². The summed E-state index contributed by atoms with van der Waals surface area (Å²) in [5, 5.41) is 30.8. The predicted molar refractivity (Wildman–Crippen MR) is 112 cm³/mol. The van der Waals surface area contributed by atoms with Crippen LogP contribution in [-0.2, 0) is 14.4 Å². The highest BCUT2D eigenvalue weighted by atomic mass is 16.7. The van der Waals surface area contributed by atoms with E-state index >= 15 is 0 Å². The molecule has 0 amide bonds. The van der Waals surface area contributed by atoms with Crippen molar-refractivity contribution in [3.8, 4) is 0 Å². The number of esters is 1. The van der Waals surface area contributed by atoms with Gasteiger partial charge in [0, 0.05) is 24.3 Å². The molecule has 0 radical (unpaired) electrons. The van der Waals surface area contributed by atoms with Crippen molar-refractivity contribution in [3.63, 3.8) is 0 Å². The summed E-state index contributed by atoms with van der Waals surface area (Å²) in [6.45, 7) is -0.603. The molecule has 0 saturated heterocycles. The van der Waals surface area contributed by atoms with Gasteiger partial charge < -0.3 is 24.8 Å². The summed E-state index contributed by atoms with van der Waals surface area (Å²) in [5.41, 5.74) is 0.846. The predicted octanol–water partition coefficient (Wildman–Crippen LogP) is 4.66. The number of hydrogen-bond acceptors (Lipinski definition) is 8. The maximum Gasteiger partial charge on any atom is 0.338 e. The van der Waals surface area contributed by atoms with Crippen molar-refractivity contribution in [1.29, 1.82) is 0 Å². The summed E-state index contributed by atoms with van der Waals surface area (Å²) in [5.74, 6) is -0.633. The molecule has 0 saturated carbocycles. The molecule has 164 valence electrons. The molecule has 0 aliphatic rings. The van der Waals surface area contributed by atoms with Crippen LogP contribution in [-0.4, -0.2) is 35.0 Å². The van der Waals surface area contributed by atoms with Gasteiger partial charge in [-0.1, -0.05) is 54.6 Å². The van der Waals surface area contributed by atoms with Crippen molar-refractivity contribution in [2.75, 3.05) is 13.2 Å². The zero-order valence-corrected chi connectivity index (χ0v) is 16.9. The highest BCUT2D eigenvalue weighted by Gasteiger charge is 2.19.